The van der Waals surface area contributed by atoms with Gasteiger partial charge in [-0.25, -0.2) is 4.79 Å². The lowest BCUT2D eigenvalue weighted by Gasteiger charge is -2.31. The molecule has 2 amide bonds. The summed E-state index contributed by atoms with van der Waals surface area (Å²) in [5.41, 5.74) is 3.51. The van der Waals surface area contributed by atoms with Crippen LogP contribution in [-0.4, -0.2) is 49.7 Å². The van der Waals surface area contributed by atoms with Gasteiger partial charge >= 0.3 is 18.2 Å². The Labute approximate surface area is 242 Å². The number of aryl methyl sites for hydroxylation is 1. The van der Waals surface area contributed by atoms with E-state index in [-0.39, 0.29) is 44.4 Å². The molecule has 0 saturated carbocycles. The lowest BCUT2D eigenvalue weighted by molar-refractivity contribution is -0.175. The topological polar surface area (TPSA) is 79.0 Å². The number of nitrogens with one attached hydrogen (secondary N) is 1. The van der Waals surface area contributed by atoms with Crippen LogP contribution in [0.3, 0.4) is 0 Å². The fourth-order valence-electron chi connectivity index (χ4n) is 5.86. The van der Waals surface area contributed by atoms with E-state index >= 15 is 0 Å². The second-order valence-electron chi connectivity index (χ2n) is 10.5. The summed E-state index contributed by atoms with van der Waals surface area (Å²) >= 11 is 0. The van der Waals surface area contributed by atoms with E-state index in [2.05, 4.69) is 5.32 Å². The quantitative estimate of drug-likeness (QED) is 0.315. The summed E-state index contributed by atoms with van der Waals surface area (Å²) in [4.78, 5) is 42.2. The van der Waals surface area contributed by atoms with Gasteiger partial charge in [0.2, 0.25) is 5.78 Å². The number of urea groups is 1. The number of rotatable bonds is 8. The highest BCUT2D eigenvalue weighted by molar-refractivity contribution is 6.07. The molecule has 0 bridgehead atoms. The Bertz CT molecular complexity index is 1430. The zero-order valence-electron chi connectivity index (χ0n) is 23.1. The third-order valence-electron chi connectivity index (χ3n) is 7.91. The van der Waals surface area contributed by atoms with Gasteiger partial charge in [-0.05, 0) is 61.2 Å². The highest BCUT2D eigenvalue weighted by Gasteiger charge is 2.45. The van der Waals surface area contributed by atoms with Crippen molar-refractivity contribution in [1.82, 2.24) is 0 Å². The monoisotopic (exact) mass is 579 g/mol. The number of hydrogen-bond donors (Lipinski definition) is 1. The maximum atomic E-state index is 14.1. The number of anilines is 3. The van der Waals surface area contributed by atoms with Gasteiger partial charge in [0.15, 0.2) is 0 Å². The fourth-order valence-corrected chi connectivity index (χ4v) is 5.86. The Balaban J connectivity index is 1.52. The molecule has 2 aliphatic heterocycles. The van der Waals surface area contributed by atoms with Crippen molar-refractivity contribution in [1.29, 1.82) is 0 Å². The van der Waals surface area contributed by atoms with Crippen LogP contribution in [0, 0.1) is 5.92 Å². The minimum atomic E-state index is -4.89. The number of hydrogen-bond acceptors (Lipinski definition) is 5. The molecule has 1 saturated heterocycles. The molecule has 42 heavy (non-hydrogen) atoms. The molecule has 3 aromatic rings. The Morgan fingerprint density at radius 3 is 2.36 bits per heavy atom. The Morgan fingerprint density at radius 2 is 1.69 bits per heavy atom. The third kappa shape index (κ3) is 6.12. The molecule has 5 rings (SSSR count). The number of Topliss-reactive ketones (excluding diaryl/α,β-unsaturated/α-hetero) is 1. The van der Waals surface area contributed by atoms with E-state index in [0.29, 0.717) is 23.6 Å². The number of esters is 1. The van der Waals surface area contributed by atoms with Crippen molar-refractivity contribution in [3.63, 3.8) is 0 Å². The van der Waals surface area contributed by atoms with E-state index in [0.717, 1.165) is 11.1 Å². The number of alkyl halides is 3. The van der Waals surface area contributed by atoms with Crippen molar-refractivity contribution in [2.75, 3.05) is 34.8 Å². The van der Waals surface area contributed by atoms with Gasteiger partial charge in [0.1, 0.15) is 0 Å². The third-order valence-corrected chi connectivity index (χ3v) is 7.91. The number of ketones is 1. The summed E-state index contributed by atoms with van der Waals surface area (Å²) in [6.45, 7) is 2.17. The lowest BCUT2D eigenvalue weighted by atomic mass is 9.87. The zero-order chi connectivity index (χ0) is 29.9. The van der Waals surface area contributed by atoms with Crippen molar-refractivity contribution >= 4 is 34.8 Å². The van der Waals surface area contributed by atoms with Crippen molar-refractivity contribution in [3.05, 3.63) is 90.0 Å². The maximum Gasteiger partial charge on any atom is 0.450 e. The average Bonchev–Trinajstić information content (AvgIpc) is 3.18. The second kappa shape index (κ2) is 12.3. The molecule has 2 heterocycles. The number of fused-ring (bicyclic) bond motifs is 1. The van der Waals surface area contributed by atoms with Crippen LogP contribution in [0.2, 0.25) is 0 Å². The molecule has 3 atom stereocenters. The van der Waals surface area contributed by atoms with Crippen LogP contribution in [0.15, 0.2) is 78.9 Å². The number of carbonyl (C=O) groups is 3. The van der Waals surface area contributed by atoms with Crippen molar-refractivity contribution in [2.45, 2.75) is 44.3 Å². The summed E-state index contributed by atoms with van der Waals surface area (Å²) in [5.74, 6) is -3.69. The normalized spacial score (nSPS) is 19.5. The molecule has 0 radical (unpaired) electrons. The molecule has 3 aromatic carbocycles. The van der Waals surface area contributed by atoms with E-state index in [9.17, 15) is 27.6 Å². The summed E-state index contributed by atoms with van der Waals surface area (Å²) in [6, 6.07) is 23.3. The van der Waals surface area contributed by atoms with Crippen LogP contribution >= 0.6 is 0 Å². The number of amides is 2. The smallest absolute Gasteiger partial charge is 0.450 e. The minimum absolute atomic E-state index is 0.0326. The first-order chi connectivity index (χ1) is 20.2. The molecular formula is C32H32F3N3O4. The van der Waals surface area contributed by atoms with Gasteiger partial charge in [0, 0.05) is 42.0 Å². The van der Waals surface area contributed by atoms with Crippen LogP contribution in [0.5, 0.6) is 0 Å². The Morgan fingerprint density at radius 1 is 1.00 bits per heavy atom. The standard InChI is InChI=1S/C32H32F3N3O4/c1-2-42-29(39)18-26(21-9-5-3-6-10-21)28-20-37(24-11-7-4-8-12-24)31(41)38(28)25-15-16-27-22(17-25)13-14-23(19-36-27)30(40)32(33,34)35/h3-12,15-17,23,26,28,36H,2,13-14,18-20H2,1H3. The predicted octanol–water partition coefficient (Wildman–Crippen LogP) is 6.34. The number of nitrogens with zero attached hydrogens (tertiary/aromatic N) is 2. The van der Waals surface area contributed by atoms with E-state index in [4.69, 9.17) is 4.74 Å². The number of carbonyl (C=O) groups excluding carboxylic acids is 3. The largest absolute Gasteiger partial charge is 0.466 e. The molecule has 1 N–H and O–H groups in total. The van der Waals surface area contributed by atoms with Crippen LogP contribution in [0.25, 0.3) is 0 Å². The van der Waals surface area contributed by atoms with Crippen LogP contribution in [0.4, 0.5) is 35.0 Å². The van der Waals surface area contributed by atoms with Crippen LogP contribution < -0.4 is 15.1 Å². The lowest BCUT2D eigenvalue weighted by Crippen LogP contribution is -2.39. The van der Waals surface area contributed by atoms with Gasteiger partial charge in [-0.1, -0.05) is 48.5 Å². The Kier molecular flexibility index (Phi) is 8.51. The maximum absolute atomic E-state index is 14.1. The van der Waals surface area contributed by atoms with Gasteiger partial charge in [-0.3, -0.25) is 19.4 Å². The van der Waals surface area contributed by atoms with E-state index in [1.54, 1.807) is 34.9 Å². The summed E-state index contributed by atoms with van der Waals surface area (Å²) in [6.07, 6.45) is -4.56. The first-order valence-corrected chi connectivity index (χ1v) is 14.0. The minimum Gasteiger partial charge on any atom is -0.466 e. The van der Waals surface area contributed by atoms with Crippen LogP contribution in [-0.2, 0) is 20.7 Å². The summed E-state index contributed by atoms with van der Waals surface area (Å²) < 4.78 is 44.7. The summed E-state index contributed by atoms with van der Waals surface area (Å²) in [7, 11) is 0. The number of ether oxygens (including phenoxy) is 1. The van der Waals surface area contributed by atoms with Gasteiger partial charge in [0.25, 0.3) is 0 Å². The van der Waals surface area contributed by atoms with Gasteiger partial charge in [0.05, 0.1) is 19.1 Å². The highest BCUT2D eigenvalue weighted by Crippen LogP contribution is 2.39. The molecule has 0 aromatic heterocycles. The van der Waals surface area contributed by atoms with Gasteiger partial charge in [-0.15, -0.1) is 0 Å². The first-order valence-electron chi connectivity index (χ1n) is 14.0. The molecule has 7 nitrogen and oxygen atoms in total. The fraction of sp³-hybridized carbons (Fsp3) is 0.344. The molecule has 0 aliphatic carbocycles. The molecule has 1 fully saturated rings. The van der Waals surface area contributed by atoms with Gasteiger partial charge in [-0.2, -0.15) is 13.2 Å². The summed E-state index contributed by atoms with van der Waals surface area (Å²) in [5, 5.41) is 3.00. The molecule has 220 valence electrons. The molecule has 2 aliphatic rings. The van der Waals surface area contributed by atoms with E-state index < -0.39 is 29.8 Å². The van der Waals surface area contributed by atoms with E-state index in [1.807, 2.05) is 60.7 Å². The van der Waals surface area contributed by atoms with E-state index in [1.165, 1.54) is 0 Å². The molecular weight excluding hydrogens is 547 g/mol. The molecule has 0 spiro atoms. The van der Waals surface area contributed by atoms with Crippen LogP contribution in [0.1, 0.15) is 36.8 Å². The highest BCUT2D eigenvalue weighted by atomic mass is 19.4. The average molecular weight is 580 g/mol. The first kappa shape index (κ1) is 29.2. The predicted molar refractivity (Wildman–Crippen MR) is 154 cm³/mol. The SMILES string of the molecule is CCOC(=O)CC(c1ccccc1)C1CN(c2ccccc2)C(=O)N1c1ccc2c(c1)CCC(C(=O)C(F)(F)F)CN2. The van der Waals surface area contributed by atoms with Crippen molar-refractivity contribution in [2.24, 2.45) is 5.92 Å². The Hall–Kier alpha value is -4.34. The second-order valence-corrected chi connectivity index (χ2v) is 10.5. The molecule has 10 heteroatoms. The van der Waals surface area contributed by atoms with Gasteiger partial charge < -0.3 is 10.1 Å². The zero-order valence-corrected chi connectivity index (χ0v) is 23.1. The number of halogens is 3. The van der Waals surface area contributed by atoms with Crippen molar-refractivity contribution in [3.8, 4) is 0 Å². The number of para-hydroxylation sites is 1. The number of benzene rings is 3. The van der Waals surface area contributed by atoms with Crippen molar-refractivity contribution < 1.29 is 32.3 Å². The molecule has 3 unspecified atom stereocenters.